The second-order valence-corrected chi connectivity index (χ2v) is 8.67. The van der Waals surface area contributed by atoms with Crippen molar-refractivity contribution >= 4 is 26.8 Å². The molecule has 0 saturated carbocycles. The lowest BCUT2D eigenvalue weighted by Crippen LogP contribution is -2.43. The Balaban J connectivity index is 1.79. The van der Waals surface area contributed by atoms with Gasteiger partial charge in [0.25, 0.3) is 5.91 Å². The normalized spacial score (nSPS) is 18.3. The molecule has 140 valence electrons. The van der Waals surface area contributed by atoms with Gasteiger partial charge in [0.05, 0.1) is 23.0 Å². The van der Waals surface area contributed by atoms with Crippen LogP contribution in [0.1, 0.15) is 28.9 Å². The molecule has 0 unspecified atom stereocenters. The second kappa shape index (κ2) is 7.28. The Morgan fingerprint density at radius 3 is 2.88 bits per heavy atom. The van der Waals surface area contributed by atoms with E-state index in [1.165, 1.54) is 12.1 Å². The van der Waals surface area contributed by atoms with Crippen molar-refractivity contribution in [2.75, 3.05) is 25.9 Å². The van der Waals surface area contributed by atoms with Crippen molar-refractivity contribution in [3.63, 3.8) is 0 Å². The lowest BCUT2D eigenvalue weighted by atomic mass is 9.97. The lowest BCUT2D eigenvalue weighted by Gasteiger charge is -2.33. The minimum Gasteiger partial charge on any atom is -0.338 e. The van der Waals surface area contributed by atoms with E-state index in [4.69, 9.17) is 0 Å². The summed E-state index contributed by atoms with van der Waals surface area (Å²) < 4.78 is 38.4. The maximum absolute atomic E-state index is 13.4. The van der Waals surface area contributed by atoms with E-state index < -0.39 is 10.0 Å². The number of sulfonamides is 1. The molecule has 1 amide bonds. The van der Waals surface area contributed by atoms with Crippen LogP contribution < -0.4 is 4.72 Å². The molecule has 1 saturated heterocycles. The molecule has 0 bridgehead atoms. The summed E-state index contributed by atoms with van der Waals surface area (Å²) in [4.78, 5) is 19.1. The Hall–Kier alpha value is -2.06. The number of likely N-dealkylation sites (tertiary alicyclic amines) is 1. The number of amides is 1. The van der Waals surface area contributed by atoms with E-state index >= 15 is 0 Å². The molecule has 0 aliphatic carbocycles. The van der Waals surface area contributed by atoms with Gasteiger partial charge in [-0.3, -0.25) is 9.78 Å². The molecule has 1 aromatic carbocycles. The van der Waals surface area contributed by atoms with Gasteiger partial charge in [0, 0.05) is 31.1 Å². The average molecular weight is 379 g/mol. The minimum atomic E-state index is -3.24. The number of carbonyl (C=O) groups excluding carboxylic acids is 1. The van der Waals surface area contributed by atoms with E-state index in [-0.39, 0.29) is 17.6 Å². The van der Waals surface area contributed by atoms with Gasteiger partial charge in [-0.25, -0.2) is 17.5 Å². The number of carbonyl (C=O) groups is 1. The molecule has 0 radical (unpaired) electrons. The molecule has 3 rings (SSSR count). The van der Waals surface area contributed by atoms with Crippen LogP contribution in [0.2, 0.25) is 0 Å². The SMILES string of the molecule is Cc1nc2cc(F)ccc2cc1C(=O)N1CCC[C@@H](CNS(C)(=O)=O)C1. The molecule has 26 heavy (non-hydrogen) atoms. The Morgan fingerprint density at radius 2 is 2.15 bits per heavy atom. The van der Waals surface area contributed by atoms with E-state index in [0.717, 1.165) is 19.1 Å². The first-order chi connectivity index (χ1) is 12.2. The van der Waals surface area contributed by atoms with Gasteiger partial charge in [-0.15, -0.1) is 0 Å². The average Bonchev–Trinajstić information content (AvgIpc) is 2.58. The van der Waals surface area contributed by atoms with Crippen LogP contribution in [-0.2, 0) is 10.0 Å². The largest absolute Gasteiger partial charge is 0.338 e. The zero-order valence-electron chi connectivity index (χ0n) is 14.8. The molecular formula is C18H22FN3O3S. The standard InChI is InChI=1S/C18H22FN3O3S/c1-12-16(8-14-5-6-15(19)9-17(14)21-12)18(23)22-7-3-4-13(11-22)10-20-26(2,24)25/h5-6,8-9,13,20H,3-4,7,10-11H2,1-2H3/t13-/m0/s1. The first-order valence-electron chi connectivity index (χ1n) is 8.54. The van der Waals surface area contributed by atoms with Crippen molar-refractivity contribution in [3.8, 4) is 0 Å². The van der Waals surface area contributed by atoms with E-state index in [2.05, 4.69) is 9.71 Å². The van der Waals surface area contributed by atoms with Crippen LogP contribution >= 0.6 is 0 Å². The summed E-state index contributed by atoms with van der Waals surface area (Å²) in [5.41, 5.74) is 1.58. The minimum absolute atomic E-state index is 0.0882. The van der Waals surface area contributed by atoms with Gasteiger partial charge >= 0.3 is 0 Å². The number of hydrogen-bond acceptors (Lipinski definition) is 4. The number of pyridine rings is 1. The molecule has 1 aromatic heterocycles. The maximum atomic E-state index is 13.4. The van der Waals surface area contributed by atoms with Crippen LogP contribution in [0.25, 0.3) is 10.9 Å². The number of aromatic nitrogens is 1. The van der Waals surface area contributed by atoms with Gasteiger partial charge in [-0.2, -0.15) is 0 Å². The van der Waals surface area contributed by atoms with Gasteiger partial charge < -0.3 is 4.90 Å². The first-order valence-corrected chi connectivity index (χ1v) is 10.4. The van der Waals surface area contributed by atoms with Gasteiger partial charge in [0.1, 0.15) is 5.82 Å². The van der Waals surface area contributed by atoms with Crippen molar-refractivity contribution in [1.82, 2.24) is 14.6 Å². The Labute approximate surface area is 152 Å². The fourth-order valence-electron chi connectivity index (χ4n) is 3.31. The molecule has 2 aromatic rings. The van der Waals surface area contributed by atoms with Crippen molar-refractivity contribution in [2.24, 2.45) is 5.92 Å². The predicted octanol–water partition coefficient (Wildman–Crippen LogP) is 2.08. The number of hydrogen-bond donors (Lipinski definition) is 1. The maximum Gasteiger partial charge on any atom is 0.255 e. The zero-order valence-corrected chi connectivity index (χ0v) is 15.6. The van der Waals surface area contributed by atoms with Crippen LogP contribution in [0.3, 0.4) is 0 Å². The van der Waals surface area contributed by atoms with Crippen LogP contribution in [0.4, 0.5) is 4.39 Å². The van der Waals surface area contributed by atoms with Crippen molar-refractivity contribution in [3.05, 3.63) is 41.3 Å². The monoisotopic (exact) mass is 379 g/mol. The van der Waals surface area contributed by atoms with Gasteiger partial charge in [-0.05, 0) is 43.9 Å². The van der Waals surface area contributed by atoms with Crippen LogP contribution in [0.5, 0.6) is 0 Å². The van der Waals surface area contributed by atoms with Crippen molar-refractivity contribution in [1.29, 1.82) is 0 Å². The smallest absolute Gasteiger partial charge is 0.255 e. The highest BCUT2D eigenvalue weighted by Gasteiger charge is 2.26. The summed E-state index contributed by atoms with van der Waals surface area (Å²) in [6.07, 6.45) is 2.83. The van der Waals surface area contributed by atoms with Crippen LogP contribution in [0.15, 0.2) is 24.3 Å². The topological polar surface area (TPSA) is 79.4 Å². The van der Waals surface area contributed by atoms with Gasteiger partial charge in [0.2, 0.25) is 10.0 Å². The van der Waals surface area contributed by atoms with E-state index in [0.29, 0.717) is 41.8 Å². The molecule has 6 nitrogen and oxygen atoms in total. The van der Waals surface area contributed by atoms with Crippen molar-refractivity contribution in [2.45, 2.75) is 19.8 Å². The number of halogens is 1. The molecule has 1 aliphatic rings. The first kappa shape index (κ1) is 18.7. The van der Waals surface area contributed by atoms with E-state index in [1.54, 1.807) is 24.0 Å². The predicted molar refractivity (Wildman–Crippen MR) is 97.9 cm³/mol. The number of piperidine rings is 1. The molecule has 2 heterocycles. The Bertz CT molecular complexity index is 946. The molecule has 1 aliphatic heterocycles. The van der Waals surface area contributed by atoms with Crippen LogP contribution in [-0.4, -0.2) is 50.1 Å². The summed E-state index contributed by atoms with van der Waals surface area (Å²) in [6.45, 7) is 3.21. The quantitative estimate of drug-likeness (QED) is 0.882. The fourth-order valence-corrected chi connectivity index (χ4v) is 3.85. The number of nitrogens with zero attached hydrogens (tertiary/aromatic N) is 2. The summed E-state index contributed by atoms with van der Waals surface area (Å²) in [5.74, 6) is -0.392. The highest BCUT2D eigenvalue weighted by molar-refractivity contribution is 7.88. The molecule has 1 fully saturated rings. The third-order valence-electron chi connectivity index (χ3n) is 4.64. The van der Waals surface area contributed by atoms with Crippen LogP contribution in [0, 0.1) is 18.7 Å². The number of fused-ring (bicyclic) bond motifs is 1. The summed E-state index contributed by atoms with van der Waals surface area (Å²) in [6, 6.07) is 6.06. The number of nitrogens with one attached hydrogen (secondary N) is 1. The van der Waals surface area contributed by atoms with E-state index in [1.807, 2.05) is 0 Å². The van der Waals surface area contributed by atoms with Crippen molar-refractivity contribution < 1.29 is 17.6 Å². The Kier molecular flexibility index (Phi) is 5.24. The zero-order chi connectivity index (χ0) is 18.9. The molecule has 1 N–H and O–H groups in total. The summed E-state index contributed by atoms with van der Waals surface area (Å²) >= 11 is 0. The van der Waals surface area contributed by atoms with Gasteiger partial charge in [0.15, 0.2) is 0 Å². The lowest BCUT2D eigenvalue weighted by molar-refractivity contribution is 0.0675. The molecule has 1 atom stereocenters. The summed E-state index contributed by atoms with van der Waals surface area (Å²) in [5, 5.41) is 0.715. The number of aryl methyl sites for hydroxylation is 1. The number of rotatable bonds is 4. The van der Waals surface area contributed by atoms with Gasteiger partial charge in [-0.1, -0.05) is 0 Å². The molecule has 0 spiro atoms. The third kappa shape index (κ3) is 4.37. The van der Waals surface area contributed by atoms with E-state index in [9.17, 15) is 17.6 Å². The molecular weight excluding hydrogens is 357 g/mol. The Morgan fingerprint density at radius 1 is 1.38 bits per heavy atom. The molecule has 8 heteroatoms. The summed E-state index contributed by atoms with van der Waals surface area (Å²) in [7, 11) is -3.24. The number of benzene rings is 1. The fraction of sp³-hybridized carbons (Fsp3) is 0.444. The highest BCUT2D eigenvalue weighted by Crippen LogP contribution is 2.22. The highest BCUT2D eigenvalue weighted by atomic mass is 32.2. The third-order valence-corrected chi connectivity index (χ3v) is 5.33. The second-order valence-electron chi connectivity index (χ2n) is 6.84.